The van der Waals surface area contributed by atoms with Crippen molar-refractivity contribution >= 4 is 5.91 Å². The number of halogens is 1. The third-order valence-corrected chi connectivity index (χ3v) is 5.96. The molecule has 1 saturated heterocycles. The third-order valence-electron chi connectivity index (χ3n) is 5.96. The molecule has 132 valence electrons. The van der Waals surface area contributed by atoms with Gasteiger partial charge in [-0.2, -0.15) is 0 Å². The normalized spacial score (nSPS) is 21.2. The summed E-state index contributed by atoms with van der Waals surface area (Å²) in [5.74, 6) is 0.642. The summed E-state index contributed by atoms with van der Waals surface area (Å²) >= 11 is 0. The maximum absolute atomic E-state index is 14.4. The fourth-order valence-electron chi connectivity index (χ4n) is 4.50. The molecule has 0 unspecified atom stereocenters. The van der Waals surface area contributed by atoms with Crippen LogP contribution in [-0.4, -0.2) is 37.5 Å². The largest absolute Gasteiger partial charge is 0.342 e. The molecular weight excluding hydrogens is 303 g/mol. The molecular formula is C20H29FN2O. The van der Waals surface area contributed by atoms with Gasteiger partial charge >= 0.3 is 0 Å². The van der Waals surface area contributed by atoms with Crippen LogP contribution in [0.25, 0.3) is 0 Å². The zero-order valence-corrected chi connectivity index (χ0v) is 14.7. The molecule has 2 aliphatic rings. The van der Waals surface area contributed by atoms with E-state index in [2.05, 4.69) is 5.32 Å². The molecule has 3 nitrogen and oxygen atoms in total. The van der Waals surface area contributed by atoms with Crippen LogP contribution in [0.5, 0.6) is 0 Å². The van der Waals surface area contributed by atoms with Crippen LogP contribution in [0.4, 0.5) is 4.39 Å². The van der Waals surface area contributed by atoms with Gasteiger partial charge in [0.1, 0.15) is 5.82 Å². The number of benzene rings is 1. The highest BCUT2D eigenvalue weighted by Gasteiger charge is 2.46. The summed E-state index contributed by atoms with van der Waals surface area (Å²) in [5, 5.41) is 3.21. The van der Waals surface area contributed by atoms with Crippen molar-refractivity contribution in [3.8, 4) is 0 Å². The van der Waals surface area contributed by atoms with Gasteiger partial charge in [0.05, 0.1) is 5.41 Å². The number of likely N-dealkylation sites (tertiary alicyclic amines) is 1. The molecule has 1 aromatic carbocycles. The zero-order chi connectivity index (χ0) is 17.0. The van der Waals surface area contributed by atoms with Gasteiger partial charge in [-0.3, -0.25) is 4.79 Å². The highest BCUT2D eigenvalue weighted by atomic mass is 19.1. The Kier molecular flexibility index (Phi) is 5.54. The average Bonchev–Trinajstić information content (AvgIpc) is 3.11. The number of piperidine rings is 1. The molecule has 1 aliphatic heterocycles. The SMILES string of the molecule is CNCCC1CCN(C(=O)C2(c3ccccc3F)CCCC2)CC1. The smallest absolute Gasteiger partial charge is 0.233 e. The lowest BCUT2D eigenvalue weighted by Crippen LogP contribution is -2.49. The Labute approximate surface area is 144 Å². The standard InChI is InChI=1S/C20H29FN2O/c1-22-13-8-16-9-14-23(15-10-16)19(24)20(11-4-5-12-20)17-6-2-3-7-18(17)21/h2-3,6-7,16,22H,4-5,8-15H2,1H3. The van der Waals surface area contributed by atoms with Crippen molar-refractivity contribution in [2.24, 2.45) is 5.92 Å². The number of nitrogens with one attached hydrogen (secondary N) is 1. The molecule has 0 spiro atoms. The summed E-state index contributed by atoms with van der Waals surface area (Å²) in [5.41, 5.74) is -0.00631. The number of hydrogen-bond acceptors (Lipinski definition) is 2. The minimum Gasteiger partial charge on any atom is -0.342 e. The quantitative estimate of drug-likeness (QED) is 0.895. The zero-order valence-electron chi connectivity index (χ0n) is 14.7. The van der Waals surface area contributed by atoms with Gasteiger partial charge in [-0.25, -0.2) is 4.39 Å². The molecule has 1 amide bonds. The number of carbonyl (C=O) groups is 1. The van der Waals surface area contributed by atoms with Crippen LogP contribution in [0.1, 0.15) is 50.5 Å². The predicted molar refractivity (Wildman–Crippen MR) is 94.4 cm³/mol. The van der Waals surface area contributed by atoms with Gasteiger partial charge in [-0.1, -0.05) is 31.0 Å². The fourth-order valence-corrected chi connectivity index (χ4v) is 4.50. The van der Waals surface area contributed by atoms with Crippen molar-refractivity contribution in [3.05, 3.63) is 35.6 Å². The minimum atomic E-state index is -0.622. The van der Waals surface area contributed by atoms with Crippen molar-refractivity contribution in [1.82, 2.24) is 10.2 Å². The number of hydrogen-bond donors (Lipinski definition) is 1. The van der Waals surface area contributed by atoms with E-state index in [9.17, 15) is 9.18 Å². The van der Waals surface area contributed by atoms with Crippen molar-refractivity contribution < 1.29 is 9.18 Å². The van der Waals surface area contributed by atoms with E-state index in [1.165, 1.54) is 12.5 Å². The van der Waals surface area contributed by atoms with Gasteiger partial charge < -0.3 is 10.2 Å². The van der Waals surface area contributed by atoms with E-state index in [1.54, 1.807) is 6.07 Å². The lowest BCUT2D eigenvalue weighted by molar-refractivity contribution is -0.139. The Balaban J connectivity index is 1.74. The molecule has 1 aliphatic carbocycles. The first-order valence-corrected chi connectivity index (χ1v) is 9.36. The Morgan fingerprint density at radius 1 is 1.25 bits per heavy atom. The van der Waals surface area contributed by atoms with Gasteiger partial charge in [0.15, 0.2) is 0 Å². The van der Waals surface area contributed by atoms with E-state index in [0.29, 0.717) is 11.5 Å². The topological polar surface area (TPSA) is 32.3 Å². The van der Waals surface area contributed by atoms with Crippen LogP contribution in [-0.2, 0) is 10.2 Å². The van der Waals surface area contributed by atoms with Crippen molar-refractivity contribution in [3.63, 3.8) is 0 Å². The lowest BCUT2D eigenvalue weighted by atomic mass is 9.76. The summed E-state index contributed by atoms with van der Waals surface area (Å²) in [7, 11) is 1.98. The van der Waals surface area contributed by atoms with Gasteiger partial charge in [-0.15, -0.1) is 0 Å². The monoisotopic (exact) mass is 332 g/mol. The van der Waals surface area contributed by atoms with Gasteiger partial charge in [0.2, 0.25) is 5.91 Å². The molecule has 1 N–H and O–H groups in total. The summed E-state index contributed by atoms with van der Waals surface area (Å²) in [6, 6.07) is 6.87. The molecule has 1 aromatic rings. The van der Waals surface area contributed by atoms with Crippen LogP contribution in [0.3, 0.4) is 0 Å². The summed E-state index contributed by atoms with van der Waals surface area (Å²) in [6.45, 7) is 2.69. The molecule has 0 atom stereocenters. The first-order chi connectivity index (χ1) is 11.7. The molecule has 4 heteroatoms. The molecule has 3 rings (SSSR count). The number of nitrogens with zero attached hydrogens (tertiary/aromatic N) is 1. The Hall–Kier alpha value is -1.42. The highest BCUT2D eigenvalue weighted by molar-refractivity contribution is 5.88. The fraction of sp³-hybridized carbons (Fsp3) is 0.650. The van der Waals surface area contributed by atoms with Gasteiger partial charge in [0, 0.05) is 18.7 Å². The van der Waals surface area contributed by atoms with Crippen LogP contribution in [0, 0.1) is 11.7 Å². The molecule has 1 heterocycles. The Morgan fingerprint density at radius 2 is 1.92 bits per heavy atom. The molecule has 0 aromatic heterocycles. The summed E-state index contributed by atoms with van der Waals surface area (Å²) in [4.78, 5) is 15.4. The number of rotatable bonds is 5. The maximum Gasteiger partial charge on any atom is 0.233 e. The molecule has 0 radical (unpaired) electrons. The summed E-state index contributed by atoms with van der Waals surface area (Å²) in [6.07, 6.45) is 6.91. The lowest BCUT2D eigenvalue weighted by Gasteiger charge is -2.39. The second kappa shape index (κ2) is 7.64. The molecule has 24 heavy (non-hydrogen) atoms. The first-order valence-electron chi connectivity index (χ1n) is 9.36. The van der Waals surface area contributed by atoms with Gasteiger partial charge in [-0.05, 0) is 57.7 Å². The van der Waals surface area contributed by atoms with Crippen LogP contribution in [0.2, 0.25) is 0 Å². The van der Waals surface area contributed by atoms with Crippen molar-refractivity contribution in [2.45, 2.75) is 50.4 Å². The Morgan fingerprint density at radius 3 is 2.54 bits per heavy atom. The maximum atomic E-state index is 14.4. The van der Waals surface area contributed by atoms with Crippen LogP contribution in [0.15, 0.2) is 24.3 Å². The third kappa shape index (κ3) is 3.34. The summed E-state index contributed by atoms with van der Waals surface area (Å²) < 4.78 is 14.4. The predicted octanol–water partition coefficient (Wildman–Crippen LogP) is 3.49. The van der Waals surface area contributed by atoms with E-state index in [1.807, 2.05) is 24.1 Å². The number of carbonyl (C=O) groups excluding carboxylic acids is 1. The van der Waals surface area contributed by atoms with E-state index < -0.39 is 5.41 Å². The highest BCUT2D eigenvalue weighted by Crippen LogP contribution is 2.44. The number of amides is 1. The first kappa shape index (κ1) is 17.4. The van der Waals surface area contributed by atoms with E-state index in [0.717, 1.165) is 58.2 Å². The van der Waals surface area contributed by atoms with Crippen LogP contribution < -0.4 is 5.32 Å². The van der Waals surface area contributed by atoms with Gasteiger partial charge in [0.25, 0.3) is 0 Å². The average molecular weight is 332 g/mol. The Bertz CT molecular complexity index is 561. The van der Waals surface area contributed by atoms with E-state index in [4.69, 9.17) is 0 Å². The molecule has 1 saturated carbocycles. The molecule has 0 bridgehead atoms. The second-order valence-electron chi connectivity index (χ2n) is 7.40. The van der Waals surface area contributed by atoms with E-state index >= 15 is 0 Å². The second-order valence-corrected chi connectivity index (χ2v) is 7.40. The van der Waals surface area contributed by atoms with Crippen LogP contribution >= 0.6 is 0 Å². The van der Waals surface area contributed by atoms with E-state index in [-0.39, 0.29) is 11.7 Å². The minimum absolute atomic E-state index is 0.164. The molecule has 2 fully saturated rings. The van der Waals surface area contributed by atoms with Crippen molar-refractivity contribution in [1.29, 1.82) is 0 Å². The van der Waals surface area contributed by atoms with Crippen molar-refractivity contribution in [2.75, 3.05) is 26.7 Å².